The lowest BCUT2D eigenvalue weighted by Crippen LogP contribution is -2.26. The van der Waals surface area contributed by atoms with Crippen LogP contribution in [0.3, 0.4) is 0 Å². The van der Waals surface area contributed by atoms with E-state index in [2.05, 4.69) is 20.5 Å². The Bertz CT molecular complexity index is 703. The maximum atomic E-state index is 12.6. The maximum absolute atomic E-state index is 12.6. The smallest absolute Gasteiger partial charge is 0.416 e. The molecular weight excluding hydrogens is 311 g/mol. The Kier molecular flexibility index (Phi) is 4.69. The van der Waals surface area contributed by atoms with Crippen LogP contribution in [0.1, 0.15) is 18.2 Å². The van der Waals surface area contributed by atoms with Crippen LogP contribution in [0.4, 0.5) is 19.1 Å². The summed E-state index contributed by atoms with van der Waals surface area (Å²) in [5.74, 6) is -0.273. The van der Waals surface area contributed by atoms with Gasteiger partial charge in [-0.2, -0.15) is 13.2 Å². The maximum Gasteiger partial charge on any atom is 0.416 e. The second kappa shape index (κ2) is 6.37. The summed E-state index contributed by atoms with van der Waals surface area (Å²) >= 11 is 0. The highest BCUT2D eigenvalue weighted by Gasteiger charge is 2.31. The van der Waals surface area contributed by atoms with Crippen LogP contribution >= 0.6 is 0 Å². The average molecular weight is 327 g/mol. The molecule has 0 amide bonds. The van der Waals surface area contributed by atoms with E-state index in [1.807, 2.05) is 6.92 Å². The van der Waals surface area contributed by atoms with E-state index in [1.54, 1.807) is 6.92 Å². The number of phenols is 1. The van der Waals surface area contributed by atoms with Crippen molar-refractivity contribution < 1.29 is 18.3 Å². The van der Waals surface area contributed by atoms with E-state index >= 15 is 0 Å². The zero-order valence-electron chi connectivity index (χ0n) is 12.5. The molecule has 2 rings (SSSR count). The lowest BCUT2D eigenvalue weighted by atomic mass is 10.1. The van der Waals surface area contributed by atoms with Gasteiger partial charge in [0.15, 0.2) is 0 Å². The van der Waals surface area contributed by atoms with Gasteiger partial charge in [-0.25, -0.2) is 4.98 Å². The molecule has 23 heavy (non-hydrogen) atoms. The molecule has 0 radical (unpaired) electrons. The topological polar surface area (TPSA) is 97.0 Å². The summed E-state index contributed by atoms with van der Waals surface area (Å²) in [6, 6.07) is 2.57. The van der Waals surface area contributed by atoms with Crippen molar-refractivity contribution in [3.05, 3.63) is 29.5 Å². The molecule has 0 saturated carbocycles. The normalized spacial score (nSPS) is 13.0. The van der Waals surface area contributed by atoms with Crippen LogP contribution in [0.25, 0.3) is 11.3 Å². The first-order chi connectivity index (χ1) is 10.7. The zero-order valence-corrected chi connectivity index (χ0v) is 12.5. The second-order valence-corrected chi connectivity index (χ2v) is 5.16. The molecule has 0 bridgehead atoms. The number of nitrogens with two attached hydrogens (primary N) is 1. The van der Waals surface area contributed by atoms with Crippen molar-refractivity contribution in [1.82, 2.24) is 15.2 Å². The third kappa shape index (κ3) is 4.07. The summed E-state index contributed by atoms with van der Waals surface area (Å²) in [7, 11) is 0. The molecule has 0 aliphatic rings. The number of benzene rings is 1. The first-order valence-electron chi connectivity index (χ1n) is 6.80. The molecule has 0 saturated heterocycles. The standard InChI is InChI=1S/C14H16F3N5O/c1-7(18)6-19-13-20-8(2)12(21-22-13)10-4-3-9(5-11(10)23)14(15,16)17/h3-5,7,23H,6,18H2,1-2H3,(H,19,20,22)/t7-/m1/s1. The second-order valence-electron chi connectivity index (χ2n) is 5.16. The fourth-order valence-electron chi connectivity index (χ4n) is 1.89. The van der Waals surface area contributed by atoms with Gasteiger partial charge in [-0.3, -0.25) is 0 Å². The molecule has 1 heterocycles. The van der Waals surface area contributed by atoms with E-state index in [9.17, 15) is 18.3 Å². The van der Waals surface area contributed by atoms with Crippen LogP contribution in [0.2, 0.25) is 0 Å². The molecule has 4 N–H and O–H groups in total. The minimum Gasteiger partial charge on any atom is -0.507 e. The van der Waals surface area contributed by atoms with Crippen LogP contribution in [-0.4, -0.2) is 32.9 Å². The van der Waals surface area contributed by atoms with Crippen LogP contribution in [-0.2, 0) is 6.18 Å². The third-order valence-electron chi connectivity index (χ3n) is 3.02. The quantitative estimate of drug-likeness (QED) is 0.797. The molecule has 0 unspecified atom stereocenters. The van der Waals surface area contributed by atoms with Crippen molar-refractivity contribution in [1.29, 1.82) is 0 Å². The van der Waals surface area contributed by atoms with Crippen molar-refractivity contribution in [2.45, 2.75) is 26.1 Å². The molecule has 0 fully saturated rings. The van der Waals surface area contributed by atoms with Crippen LogP contribution < -0.4 is 11.1 Å². The summed E-state index contributed by atoms with van der Waals surface area (Å²) in [5.41, 5.74) is 5.43. The minimum atomic E-state index is -4.53. The number of hydrogen-bond acceptors (Lipinski definition) is 6. The van der Waals surface area contributed by atoms with Gasteiger partial charge in [0.2, 0.25) is 5.95 Å². The summed E-state index contributed by atoms with van der Waals surface area (Å²) in [5, 5.41) is 20.5. The fourth-order valence-corrected chi connectivity index (χ4v) is 1.89. The Morgan fingerprint density at radius 1 is 1.30 bits per heavy atom. The number of alkyl halides is 3. The van der Waals surface area contributed by atoms with Gasteiger partial charge in [0.1, 0.15) is 11.4 Å². The van der Waals surface area contributed by atoms with Crippen molar-refractivity contribution >= 4 is 5.95 Å². The molecule has 9 heteroatoms. The van der Waals surface area contributed by atoms with Crippen LogP contribution in [0.5, 0.6) is 5.75 Å². The molecule has 6 nitrogen and oxygen atoms in total. The number of aromatic nitrogens is 3. The number of aromatic hydroxyl groups is 1. The Hall–Kier alpha value is -2.42. The minimum absolute atomic E-state index is 0.0995. The molecular formula is C14H16F3N5O. The van der Waals surface area contributed by atoms with Gasteiger partial charge in [0.05, 0.1) is 11.3 Å². The van der Waals surface area contributed by atoms with Gasteiger partial charge in [-0.1, -0.05) is 0 Å². The van der Waals surface area contributed by atoms with Gasteiger partial charge in [-0.15, -0.1) is 10.2 Å². The largest absolute Gasteiger partial charge is 0.507 e. The van der Waals surface area contributed by atoms with Crippen molar-refractivity contribution in [3.63, 3.8) is 0 Å². The average Bonchev–Trinajstić information content (AvgIpc) is 2.44. The lowest BCUT2D eigenvalue weighted by molar-refractivity contribution is -0.137. The van der Waals surface area contributed by atoms with E-state index in [4.69, 9.17) is 5.73 Å². The van der Waals surface area contributed by atoms with Gasteiger partial charge in [0, 0.05) is 18.2 Å². The van der Waals surface area contributed by atoms with Gasteiger partial charge < -0.3 is 16.2 Å². The van der Waals surface area contributed by atoms with Crippen molar-refractivity contribution in [2.24, 2.45) is 5.73 Å². The highest BCUT2D eigenvalue weighted by molar-refractivity contribution is 5.69. The SMILES string of the molecule is Cc1nc(NC[C@@H](C)N)nnc1-c1ccc(C(F)(F)F)cc1O. The molecule has 0 spiro atoms. The van der Waals surface area contributed by atoms with E-state index in [-0.39, 0.29) is 23.2 Å². The van der Waals surface area contributed by atoms with Crippen molar-refractivity contribution in [3.8, 4) is 17.0 Å². The van der Waals surface area contributed by atoms with E-state index in [0.717, 1.165) is 12.1 Å². The Labute approximate surface area is 130 Å². The third-order valence-corrected chi connectivity index (χ3v) is 3.02. The van der Waals surface area contributed by atoms with Gasteiger partial charge in [-0.05, 0) is 32.0 Å². The number of nitrogens with one attached hydrogen (secondary N) is 1. The lowest BCUT2D eigenvalue weighted by Gasteiger charge is -2.12. The summed E-state index contributed by atoms with van der Waals surface area (Å²) in [6.07, 6.45) is -4.53. The monoisotopic (exact) mass is 327 g/mol. The van der Waals surface area contributed by atoms with Gasteiger partial charge >= 0.3 is 6.18 Å². The highest BCUT2D eigenvalue weighted by Crippen LogP contribution is 2.36. The number of hydrogen-bond donors (Lipinski definition) is 3. The van der Waals surface area contributed by atoms with E-state index < -0.39 is 17.5 Å². The summed E-state index contributed by atoms with van der Waals surface area (Å²) in [6.45, 7) is 3.88. The zero-order chi connectivity index (χ0) is 17.2. The van der Waals surface area contributed by atoms with Crippen LogP contribution in [0.15, 0.2) is 18.2 Å². The number of anilines is 1. The van der Waals surface area contributed by atoms with Crippen LogP contribution in [0, 0.1) is 6.92 Å². The molecule has 1 aromatic heterocycles. The predicted octanol–water partition coefficient (Wildman–Crippen LogP) is 2.33. The van der Waals surface area contributed by atoms with E-state index in [1.165, 1.54) is 0 Å². The van der Waals surface area contributed by atoms with Crippen molar-refractivity contribution in [2.75, 3.05) is 11.9 Å². The number of halogens is 3. The highest BCUT2D eigenvalue weighted by atomic mass is 19.4. The molecule has 0 aliphatic heterocycles. The molecule has 2 aromatic rings. The summed E-state index contributed by atoms with van der Waals surface area (Å²) < 4.78 is 37.8. The first-order valence-corrected chi connectivity index (χ1v) is 6.80. The molecule has 1 aromatic carbocycles. The molecule has 1 atom stereocenters. The Morgan fingerprint density at radius 2 is 2.00 bits per heavy atom. The van der Waals surface area contributed by atoms with E-state index in [0.29, 0.717) is 18.3 Å². The Balaban J connectivity index is 2.32. The number of nitrogens with zero attached hydrogens (tertiary/aromatic N) is 3. The summed E-state index contributed by atoms with van der Waals surface area (Å²) in [4.78, 5) is 4.16. The number of rotatable bonds is 4. The molecule has 124 valence electrons. The molecule has 0 aliphatic carbocycles. The fraction of sp³-hybridized carbons (Fsp3) is 0.357. The first kappa shape index (κ1) is 16.9. The van der Waals surface area contributed by atoms with Gasteiger partial charge in [0.25, 0.3) is 0 Å². The number of phenolic OH excluding ortho intramolecular Hbond substituents is 1. The predicted molar refractivity (Wildman–Crippen MR) is 78.8 cm³/mol. The Morgan fingerprint density at radius 3 is 2.52 bits per heavy atom. The number of aryl methyl sites for hydroxylation is 1.